The molecular weight excluding hydrogens is 261 g/mol. The zero-order chi connectivity index (χ0) is 14.0. The number of halogens is 1. The summed E-state index contributed by atoms with van der Waals surface area (Å²) >= 11 is 4.23. The molecule has 0 fully saturated rings. The molecule has 0 atom stereocenters. The van der Waals surface area contributed by atoms with Gasteiger partial charge in [-0.3, -0.25) is 4.31 Å². The van der Waals surface area contributed by atoms with Crippen molar-refractivity contribution in [1.29, 1.82) is 0 Å². The molecule has 0 N–H and O–H groups in total. The number of anilines is 1. The number of rotatable bonds is 3. The molecule has 0 bridgehead atoms. The number of thiol groups is 1. The predicted molar refractivity (Wildman–Crippen MR) is 78.9 cm³/mol. The minimum Gasteiger partial charge on any atom is -0.290 e. The molecule has 0 aliphatic carbocycles. The molecule has 5 heteroatoms. The molecule has 2 aromatic rings. The summed E-state index contributed by atoms with van der Waals surface area (Å²) in [5, 5.41) is 0. The number of aromatic nitrogens is 2. The van der Waals surface area contributed by atoms with Crippen molar-refractivity contribution in [3.8, 4) is 11.3 Å². The fourth-order valence-corrected chi connectivity index (χ4v) is 1.75. The van der Waals surface area contributed by atoms with Gasteiger partial charge in [-0.1, -0.05) is 26.7 Å². The second kappa shape index (κ2) is 5.57. The average Bonchev–Trinajstić information content (AvgIpc) is 2.39. The van der Waals surface area contributed by atoms with E-state index in [0.29, 0.717) is 5.95 Å². The lowest BCUT2D eigenvalue weighted by Crippen LogP contribution is -2.09. The molecule has 0 amide bonds. The molecule has 2 rings (SSSR count). The maximum absolute atomic E-state index is 13.0. The van der Waals surface area contributed by atoms with Crippen LogP contribution in [0.4, 0.5) is 10.3 Å². The van der Waals surface area contributed by atoms with E-state index in [-0.39, 0.29) is 11.7 Å². The summed E-state index contributed by atoms with van der Waals surface area (Å²) < 4.78 is 14.5. The van der Waals surface area contributed by atoms with Gasteiger partial charge in [0.05, 0.1) is 5.69 Å². The molecule has 0 saturated carbocycles. The highest BCUT2D eigenvalue weighted by atomic mass is 32.1. The average molecular weight is 277 g/mol. The van der Waals surface area contributed by atoms with Gasteiger partial charge in [0.1, 0.15) is 5.82 Å². The highest BCUT2D eigenvalue weighted by molar-refractivity contribution is 7.81. The first kappa shape index (κ1) is 13.8. The van der Waals surface area contributed by atoms with Crippen LogP contribution in [0, 0.1) is 5.82 Å². The Morgan fingerprint density at radius 2 is 1.79 bits per heavy atom. The lowest BCUT2D eigenvalue weighted by atomic mass is 10.1. The lowest BCUT2D eigenvalue weighted by Gasteiger charge is -2.14. The van der Waals surface area contributed by atoms with Crippen molar-refractivity contribution < 1.29 is 4.39 Å². The summed E-state index contributed by atoms with van der Waals surface area (Å²) in [7, 11) is 1.77. The Hall–Kier alpha value is -1.62. The van der Waals surface area contributed by atoms with Crippen molar-refractivity contribution in [1.82, 2.24) is 9.97 Å². The van der Waals surface area contributed by atoms with Crippen LogP contribution in [0.3, 0.4) is 0 Å². The number of benzene rings is 1. The smallest absolute Gasteiger partial charge is 0.235 e. The second-order valence-electron chi connectivity index (χ2n) is 4.66. The van der Waals surface area contributed by atoms with E-state index in [1.165, 1.54) is 12.1 Å². The quantitative estimate of drug-likeness (QED) is 0.868. The van der Waals surface area contributed by atoms with E-state index in [2.05, 4.69) is 36.6 Å². The van der Waals surface area contributed by atoms with Crippen LogP contribution < -0.4 is 4.31 Å². The summed E-state index contributed by atoms with van der Waals surface area (Å²) in [5.41, 5.74) is 2.57. The van der Waals surface area contributed by atoms with Gasteiger partial charge in [-0.2, -0.15) is 0 Å². The van der Waals surface area contributed by atoms with Crippen molar-refractivity contribution in [2.45, 2.75) is 19.8 Å². The van der Waals surface area contributed by atoms with E-state index < -0.39 is 0 Å². The molecule has 1 aromatic heterocycles. The molecule has 3 nitrogen and oxygen atoms in total. The maximum atomic E-state index is 13.0. The Morgan fingerprint density at radius 1 is 1.16 bits per heavy atom. The first-order valence-corrected chi connectivity index (χ1v) is 6.45. The molecule has 0 aliphatic rings. The van der Waals surface area contributed by atoms with Gasteiger partial charge in [-0.05, 0) is 36.2 Å². The van der Waals surface area contributed by atoms with Gasteiger partial charge in [0.2, 0.25) is 5.95 Å². The zero-order valence-electron chi connectivity index (χ0n) is 11.1. The van der Waals surface area contributed by atoms with Gasteiger partial charge < -0.3 is 0 Å². The van der Waals surface area contributed by atoms with E-state index >= 15 is 0 Å². The van der Waals surface area contributed by atoms with Gasteiger partial charge in [0.15, 0.2) is 0 Å². The Kier molecular flexibility index (Phi) is 4.04. The molecule has 0 radical (unpaired) electrons. The van der Waals surface area contributed by atoms with Gasteiger partial charge in [0, 0.05) is 18.3 Å². The summed E-state index contributed by atoms with van der Waals surface area (Å²) in [6, 6.07) is 8.21. The molecule has 0 unspecified atom stereocenters. The molecule has 0 spiro atoms. The lowest BCUT2D eigenvalue weighted by molar-refractivity contribution is 0.628. The molecule has 0 aliphatic heterocycles. The second-order valence-corrected chi connectivity index (χ2v) is 5.26. The van der Waals surface area contributed by atoms with E-state index in [1.54, 1.807) is 23.5 Å². The highest BCUT2D eigenvalue weighted by Gasteiger charge is 2.11. The minimum atomic E-state index is -0.256. The van der Waals surface area contributed by atoms with Crippen LogP contribution in [0.15, 0.2) is 30.3 Å². The Labute approximate surface area is 118 Å². The van der Waals surface area contributed by atoms with Crippen LogP contribution in [-0.4, -0.2) is 17.0 Å². The van der Waals surface area contributed by atoms with E-state index in [4.69, 9.17) is 0 Å². The number of hydrogen-bond donors (Lipinski definition) is 1. The van der Waals surface area contributed by atoms with Crippen molar-refractivity contribution in [3.63, 3.8) is 0 Å². The first-order valence-electron chi connectivity index (χ1n) is 6.05. The fraction of sp³-hybridized carbons (Fsp3) is 0.286. The van der Waals surface area contributed by atoms with Crippen LogP contribution in [0.2, 0.25) is 0 Å². The molecule has 1 aromatic carbocycles. The summed E-state index contributed by atoms with van der Waals surface area (Å²) in [4.78, 5) is 8.87. The van der Waals surface area contributed by atoms with Gasteiger partial charge >= 0.3 is 0 Å². The van der Waals surface area contributed by atoms with E-state index in [9.17, 15) is 4.39 Å². The van der Waals surface area contributed by atoms with Crippen molar-refractivity contribution in [3.05, 3.63) is 41.8 Å². The monoisotopic (exact) mass is 277 g/mol. The van der Waals surface area contributed by atoms with Crippen LogP contribution in [0.25, 0.3) is 11.3 Å². The van der Waals surface area contributed by atoms with E-state index in [0.717, 1.165) is 17.0 Å². The van der Waals surface area contributed by atoms with Gasteiger partial charge in [-0.15, -0.1) is 0 Å². The third-order valence-electron chi connectivity index (χ3n) is 2.76. The Morgan fingerprint density at radius 3 is 2.32 bits per heavy atom. The molecule has 19 heavy (non-hydrogen) atoms. The fourth-order valence-electron chi connectivity index (χ4n) is 1.66. The van der Waals surface area contributed by atoms with Crippen molar-refractivity contribution in [2.75, 3.05) is 11.4 Å². The normalized spacial score (nSPS) is 10.8. The van der Waals surface area contributed by atoms with Crippen molar-refractivity contribution in [2.24, 2.45) is 0 Å². The topological polar surface area (TPSA) is 29.0 Å². The summed E-state index contributed by atoms with van der Waals surface area (Å²) in [5.74, 6) is 0.566. The summed E-state index contributed by atoms with van der Waals surface area (Å²) in [6.07, 6.45) is 0. The molecule has 100 valence electrons. The highest BCUT2D eigenvalue weighted by Crippen LogP contribution is 2.24. The van der Waals surface area contributed by atoms with Crippen LogP contribution >= 0.6 is 12.8 Å². The van der Waals surface area contributed by atoms with Crippen LogP contribution in [-0.2, 0) is 0 Å². The van der Waals surface area contributed by atoms with Crippen LogP contribution in [0.1, 0.15) is 25.5 Å². The molecular formula is C14H16FN3S. The minimum absolute atomic E-state index is 0.256. The van der Waals surface area contributed by atoms with Crippen molar-refractivity contribution >= 4 is 18.8 Å². The summed E-state index contributed by atoms with van der Waals surface area (Å²) in [6.45, 7) is 4.14. The third kappa shape index (κ3) is 3.23. The first-order chi connectivity index (χ1) is 8.97. The predicted octanol–water partition coefficient (Wildman–Crippen LogP) is 3.69. The number of nitrogens with zero attached hydrogens (tertiary/aromatic N) is 3. The molecule has 1 heterocycles. The largest absolute Gasteiger partial charge is 0.290 e. The standard InChI is InChI=1S/C14H16FN3S/c1-9(2)12-8-13(17-14(16-12)18(3)19)10-4-6-11(15)7-5-10/h4-9,19H,1-3H3. The van der Waals surface area contributed by atoms with Gasteiger partial charge in [0.25, 0.3) is 0 Å². The Balaban J connectivity index is 2.52. The third-order valence-corrected chi connectivity index (χ3v) is 2.93. The SMILES string of the molecule is CC(C)c1cc(-c2ccc(F)cc2)nc(N(C)S)n1. The number of hydrogen-bond acceptors (Lipinski definition) is 4. The van der Waals surface area contributed by atoms with Crippen LogP contribution in [0.5, 0.6) is 0 Å². The Bertz CT molecular complexity index is 541. The zero-order valence-corrected chi connectivity index (χ0v) is 12.0. The van der Waals surface area contributed by atoms with E-state index in [1.807, 2.05) is 6.07 Å². The van der Waals surface area contributed by atoms with Gasteiger partial charge in [-0.25, -0.2) is 14.4 Å². The maximum Gasteiger partial charge on any atom is 0.235 e. The molecule has 0 saturated heterocycles.